The minimum Gasteiger partial charge on any atom is -0.493 e. The van der Waals surface area contributed by atoms with Crippen molar-refractivity contribution < 1.29 is 24.9 Å². The summed E-state index contributed by atoms with van der Waals surface area (Å²) < 4.78 is 5.96. The molecule has 1 heterocycles. The quantitative estimate of drug-likeness (QED) is 0.388. The molecule has 0 amide bonds. The molecule has 2 aliphatic rings. The highest BCUT2D eigenvalue weighted by Crippen LogP contribution is 2.46. The van der Waals surface area contributed by atoms with E-state index in [0.29, 0.717) is 37.0 Å². The molecule has 1 saturated heterocycles. The molecule has 0 spiro atoms. The van der Waals surface area contributed by atoms with Crippen LogP contribution in [0.5, 0.6) is 0 Å². The van der Waals surface area contributed by atoms with Gasteiger partial charge in [-0.2, -0.15) is 5.26 Å². The third kappa shape index (κ3) is 5.83. The van der Waals surface area contributed by atoms with Crippen LogP contribution in [-0.2, 0) is 9.53 Å². The van der Waals surface area contributed by atoms with Gasteiger partial charge in [0.2, 0.25) is 0 Å². The Balaban J connectivity index is 2.00. The van der Waals surface area contributed by atoms with E-state index < -0.39 is 18.2 Å². The normalized spacial score (nSPS) is 30.5. The monoisotopic (exact) mass is 391 g/mol. The molecule has 1 saturated carbocycles. The Labute approximate surface area is 167 Å². The van der Waals surface area contributed by atoms with Gasteiger partial charge in [-0.15, -0.1) is 0 Å². The summed E-state index contributed by atoms with van der Waals surface area (Å²) in [7, 11) is 0. The third-order valence-electron chi connectivity index (χ3n) is 6.02. The molecule has 0 radical (unpaired) electrons. The highest BCUT2D eigenvalue weighted by atomic mass is 16.5. The number of allylic oxidation sites excluding steroid dienone is 2. The number of hydrogen-bond donors (Lipinski definition) is 3. The first-order valence-corrected chi connectivity index (χ1v) is 10.4. The summed E-state index contributed by atoms with van der Waals surface area (Å²) in [6.07, 6.45) is 7.65. The number of aliphatic carboxylic acids is 1. The summed E-state index contributed by atoms with van der Waals surface area (Å²) in [6, 6.07) is 2.16. The summed E-state index contributed by atoms with van der Waals surface area (Å²) >= 11 is 0. The molecule has 6 heteroatoms. The molecule has 0 unspecified atom stereocenters. The van der Waals surface area contributed by atoms with E-state index in [4.69, 9.17) is 9.84 Å². The lowest BCUT2D eigenvalue weighted by atomic mass is 9.89. The minimum absolute atomic E-state index is 0.0312. The van der Waals surface area contributed by atoms with E-state index in [1.165, 1.54) is 0 Å². The van der Waals surface area contributed by atoms with Crippen LogP contribution in [0, 0.1) is 29.1 Å². The van der Waals surface area contributed by atoms with Gasteiger partial charge in [-0.1, -0.05) is 38.8 Å². The van der Waals surface area contributed by atoms with Gasteiger partial charge in [-0.05, 0) is 25.2 Å². The molecule has 0 aromatic rings. The summed E-state index contributed by atoms with van der Waals surface area (Å²) in [6.45, 7) is 4.17. The van der Waals surface area contributed by atoms with Crippen molar-refractivity contribution in [3.8, 4) is 6.07 Å². The molecule has 6 nitrogen and oxygen atoms in total. The van der Waals surface area contributed by atoms with Gasteiger partial charge in [-0.3, -0.25) is 4.79 Å². The van der Waals surface area contributed by atoms with Crippen LogP contribution < -0.4 is 0 Å². The molecule has 2 rings (SSSR count). The Morgan fingerprint density at radius 2 is 2.14 bits per heavy atom. The largest absolute Gasteiger partial charge is 0.493 e. The highest BCUT2D eigenvalue weighted by molar-refractivity contribution is 5.66. The first-order chi connectivity index (χ1) is 13.4. The van der Waals surface area contributed by atoms with Crippen molar-refractivity contribution in [1.29, 1.82) is 5.26 Å². The van der Waals surface area contributed by atoms with Gasteiger partial charge in [0.1, 0.15) is 11.9 Å². The molecule has 0 aromatic heterocycles. The van der Waals surface area contributed by atoms with Gasteiger partial charge in [0, 0.05) is 31.1 Å². The van der Waals surface area contributed by atoms with Crippen LogP contribution in [0.25, 0.3) is 0 Å². The summed E-state index contributed by atoms with van der Waals surface area (Å²) in [5, 5.41) is 38.9. The third-order valence-corrected chi connectivity index (χ3v) is 6.02. The Kier molecular flexibility index (Phi) is 8.53. The molecule has 1 aliphatic carbocycles. The fourth-order valence-corrected chi connectivity index (χ4v) is 4.22. The number of fused-ring (bicyclic) bond motifs is 1. The number of carboxylic acid groups (broad SMARTS) is 1. The maximum atomic E-state index is 10.7. The number of unbranched alkanes of at least 4 members (excludes halogenated alkanes) is 1. The van der Waals surface area contributed by atoms with E-state index in [2.05, 4.69) is 13.0 Å². The van der Waals surface area contributed by atoms with Crippen LogP contribution >= 0.6 is 0 Å². The highest BCUT2D eigenvalue weighted by Gasteiger charge is 2.47. The summed E-state index contributed by atoms with van der Waals surface area (Å²) in [5.74, 6) is -0.0615. The minimum atomic E-state index is -0.869. The number of rotatable bonds is 10. The Morgan fingerprint density at radius 3 is 2.79 bits per heavy atom. The molecule has 6 atom stereocenters. The number of carboxylic acids is 1. The van der Waals surface area contributed by atoms with Crippen LogP contribution in [0.15, 0.2) is 23.5 Å². The van der Waals surface area contributed by atoms with Gasteiger partial charge in [0.15, 0.2) is 0 Å². The lowest BCUT2D eigenvalue weighted by Crippen LogP contribution is -2.20. The van der Waals surface area contributed by atoms with E-state index in [1.54, 1.807) is 6.08 Å². The predicted octanol–water partition coefficient (Wildman–Crippen LogP) is 3.55. The Morgan fingerprint density at radius 1 is 1.39 bits per heavy atom. The zero-order valence-corrected chi connectivity index (χ0v) is 16.9. The van der Waals surface area contributed by atoms with Gasteiger partial charge >= 0.3 is 5.97 Å². The molecule has 3 N–H and O–H groups in total. The first kappa shape index (κ1) is 22.4. The molecule has 0 bridgehead atoms. The van der Waals surface area contributed by atoms with Crippen molar-refractivity contribution in [2.75, 3.05) is 0 Å². The van der Waals surface area contributed by atoms with Gasteiger partial charge < -0.3 is 20.1 Å². The van der Waals surface area contributed by atoms with Crippen LogP contribution in [0.4, 0.5) is 0 Å². The topological polar surface area (TPSA) is 111 Å². The van der Waals surface area contributed by atoms with Crippen LogP contribution in [0.2, 0.25) is 0 Å². The molecule has 28 heavy (non-hydrogen) atoms. The number of aliphatic hydroxyl groups excluding tert-OH is 2. The average Bonchev–Trinajstić information content (AvgIpc) is 3.18. The van der Waals surface area contributed by atoms with Crippen molar-refractivity contribution in [2.24, 2.45) is 17.8 Å². The van der Waals surface area contributed by atoms with Crippen molar-refractivity contribution in [3.63, 3.8) is 0 Å². The lowest BCUT2D eigenvalue weighted by Gasteiger charge is -2.18. The van der Waals surface area contributed by atoms with Crippen LogP contribution in [0.3, 0.4) is 0 Å². The van der Waals surface area contributed by atoms with E-state index in [-0.39, 0.29) is 30.3 Å². The molecule has 156 valence electrons. The van der Waals surface area contributed by atoms with Crippen molar-refractivity contribution in [2.45, 2.75) is 83.5 Å². The number of ether oxygens (including phenoxy) is 1. The van der Waals surface area contributed by atoms with Crippen molar-refractivity contribution in [1.82, 2.24) is 0 Å². The molecule has 2 fully saturated rings. The van der Waals surface area contributed by atoms with Gasteiger partial charge in [0.25, 0.3) is 0 Å². The second kappa shape index (κ2) is 10.6. The number of carbonyl (C=O) groups is 1. The second-order valence-electron chi connectivity index (χ2n) is 8.16. The molecule has 0 aromatic carbocycles. The van der Waals surface area contributed by atoms with E-state index >= 15 is 0 Å². The Bertz CT molecular complexity index is 635. The average molecular weight is 392 g/mol. The Hall–Kier alpha value is -1.84. The fraction of sp³-hybridized carbons (Fsp3) is 0.727. The predicted molar refractivity (Wildman–Crippen MR) is 105 cm³/mol. The number of hydrogen-bond acceptors (Lipinski definition) is 5. The smallest absolute Gasteiger partial charge is 0.303 e. The van der Waals surface area contributed by atoms with Crippen LogP contribution in [-0.4, -0.2) is 39.6 Å². The lowest BCUT2D eigenvalue weighted by molar-refractivity contribution is -0.137. The molecule has 1 aliphatic heterocycles. The van der Waals surface area contributed by atoms with Crippen molar-refractivity contribution >= 4 is 5.97 Å². The van der Waals surface area contributed by atoms with E-state index in [0.717, 1.165) is 19.3 Å². The van der Waals surface area contributed by atoms with E-state index in [1.807, 2.05) is 13.0 Å². The SMILES string of the molecule is CCCC[C@H](C)[C@H](O)C=C[C@@H]1[C@H]2CC(=C(C#N)CCCC(=O)O)O[C@H]2C[C@H]1O. The maximum Gasteiger partial charge on any atom is 0.303 e. The first-order valence-electron chi connectivity index (χ1n) is 10.4. The second-order valence-corrected chi connectivity index (χ2v) is 8.16. The molecular formula is C22H33NO5. The van der Waals surface area contributed by atoms with Gasteiger partial charge in [-0.25, -0.2) is 0 Å². The fourth-order valence-electron chi connectivity index (χ4n) is 4.22. The summed E-state index contributed by atoms with van der Waals surface area (Å²) in [4.78, 5) is 10.7. The van der Waals surface area contributed by atoms with Crippen molar-refractivity contribution in [3.05, 3.63) is 23.5 Å². The zero-order chi connectivity index (χ0) is 20.7. The maximum absolute atomic E-state index is 10.7. The van der Waals surface area contributed by atoms with Gasteiger partial charge in [0.05, 0.1) is 23.9 Å². The number of nitriles is 1. The summed E-state index contributed by atoms with van der Waals surface area (Å²) in [5.41, 5.74) is 0.515. The zero-order valence-electron chi connectivity index (χ0n) is 16.9. The standard InChI is InChI=1S/C22H33NO5/c1-3-4-6-14(2)18(24)10-9-16-17-11-20(28-21(17)12-19(16)25)15(13-23)7-5-8-22(26)27/h9-10,14,16-19,21,24-25H,3-8,11-12H2,1-2H3,(H,26,27)/t14-,16+,17+,18+,19+,21-/m0/s1. The van der Waals surface area contributed by atoms with Crippen LogP contribution in [0.1, 0.15) is 65.2 Å². The number of aliphatic hydroxyl groups is 2. The molecular weight excluding hydrogens is 358 g/mol. The number of nitrogens with zero attached hydrogens (tertiary/aromatic N) is 1. The van der Waals surface area contributed by atoms with E-state index in [9.17, 15) is 20.3 Å².